The number of carboxylic acid groups (broad SMARTS) is 1. The van der Waals surface area contributed by atoms with Crippen LogP contribution in [0.2, 0.25) is 0 Å². The summed E-state index contributed by atoms with van der Waals surface area (Å²) in [5.41, 5.74) is -0.129. The molecule has 1 saturated heterocycles. The zero-order valence-corrected chi connectivity index (χ0v) is 17.9. The van der Waals surface area contributed by atoms with Gasteiger partial charge in [0.2, 0.25) is 5.43 Å². The van der Waals surface area contributed by atoms with Crippen LogP contribution in [0, 0.1) is 5.82 Å². The summed E-state index contributed by atoms with van der Waals surface area (Å²) in [7, 11) is 0. The summed E-state index contributed by atoms with van der Waals surface area (Å²) < 4.78 is 23.0. The number of nitrogens with zero attached hydrogens (tertiary/aromatic N) is 3. The Morgan fingerprint density at radius 3 is 2.57 bits per heavy atom. The third-order valence-electron chi connectivity index (χ3n) is 6.69. The first-order valence-electron chi connectivity index (χ1n) is 10.4. The number of hydrogen-bond donors (Lipinski definition) is 1. The fourth-order valence-electron chi connectivity index (χ4n) is 4.42. The molecule has 1 fully saturated rings. The SMILES string of the molecule is CCC(C)(C)N1CCN(c2c(F)cc3c(=O)c(C(=O)O)cn4c3c2OC[C@@H]4C)CC1. The molecule has 0 unspecified atom stereocenters. The van der Waals surface area contributed by atoms with Gasteiger partial charge in [-0.2, -0.15) is 0 Å². The second kappa shape index (κ2) is 7.27. The normalized spacial score (nSPS) is 19.8. The lowest BCUT2D eigenvalue weighted by Gasteiger charge is -2.45. The molecule has 8 heteroatoms. The molecule has 2 aromatic rings. The van der Waals surface area contributed by atoms with Crippen LogP contribution in [0.3, 0.4) is 0 Å². The Hall–Kier alpha value is -2.61. The predicted molar refractivity (Wildman–Crippen MR) is 113 cm³/mol. The molecule has 7 nitrogen and oxygen atoms in total. The van der Waals surface area contributed by atoms with E-state index in [-0.39, 0.29) is 29.1 Å². The summed E-state index contributed by atoms with van der Waals surface area (Å²) in [5, 5.41) is 9.45. The van der Waals surface area contributed by atoms with Crippen molar-refractivity contribution in [3.05, 3.63) is 33.9 Å². The number of carbonyl (C=O) groups is 1. The van der Waals surface area contributed by atoms with Crippen molar-refractivity contribution in [3.8, 4) is 5.75 Å². The summed E-state index contributed by atoms with van der Waals surface area (Å²) in [6.45, 7) is 11.7. The summed E-state index contributed by atoms with van der Waals surface area (Å²) in [4.78, 5) is 28.6. The van der Waals surface area contributed by atoms with Crippen molar-refractivity contribution in [1.29, 1.82) is 0 Å². The number of hydrogen-bond acceptors (Lipinski definition) is 5. The fourth-order valence-corrected chi connectivity index (χ4v) is 4.42. The summed E-state index contributed by atoms with van der Waals surface area (Å²) in [6.07, 6.45) is 2.38. The zero-order chi connectivity index (χ0) is 21.8. The Labute approximate surface area is 174 Å². The van der Waals surface area contributed by atoms with Gasteiger partial charge in [-0.15, -0.1) is 0 Å². The molecule has 0 saturated carbocycles. The van der Waals surface area contributed by atoms with E-state index in [1.165, 1.54) is 12.3 Å². The highest BCUT2D eigenvalue weighted by Gasteiger charge is 2.33. The summed E-state index contributed by atoms with van der Waals surface area (Å²) >= 11 is 0. The van der Waals surface area contributed by atoms with Crippen molar-refractivity contribution < 1.29 is 19.0 Å². The van der Waals surface area contributed by atoms with Gasteiger partial charge in [0.15, 0.2) is 11.6 Å². The Morgan fingerprint density at radius 2 is 1.97 bits per heavy atom. The molecule has 1 N–H and O–H groups in total. The number of piperazine rings is 1. The van der Waals surface area contributed by atoms with E-state index in [0.717, 1.165) is 19.5 Å². The first kappa shape index (κ1) is 20.7. The van der Waals surface area contributed by atoms with E-state index < -0.39 is 17.2 Å². The molecule has 162 valence electrons. The van der Waals surface area contributed by atoms with Crippen LogP contribution in [0.5, 0.6) is 5.75 Å². The maximum atomic E-state index is 15.3. The van der Waals surface area contributed by atoms with Gasteiger partial charge < -0.3 is 19.3 Å². The van der Waals surface area contributed by atoms with Crippen molar-refractivity contribution in [2.45, 2.75) is 45.7 Å². The second-order valence-electron chi connectivity index (χ2n) is 8.82. The largest absolute Gasteiger partial charge is 0.487 e. The fraction of sp³-hybridized carbons (Fsp3) is 0.545. The molecule has 0 aliphatic carbocycles. The minimum Gasteiger partial charge on any atom is -0.487 e. The lowest BCUT2D eigenvalue weighted by Crippen LogP contribution is -2.54. The third kappa shape index (κ3) is 3.14. The number of anilines is 1. The summed E-state index contributed by atoms with van der Waals surface area (Å²) in [6, 6.07) is 1.00. The van der Waals surface area contributed by atoms with Crippen LogP contribution in [-0.2, 0) is 0 Å². The molecule has 1 aromatic carbocycles. The average Bonchev–Trinajstić information content (AvgIpc) is 2.71. The topological polar surface area (TPSA) is 75.0 Å². The van der Waals surface area contributed by atoms with Gasteiger partial charge in [0.05, 0.1) is 16.9 Å². The first-order chi connectivity index (χ1) is 14.2. The van der Waals surface area contributed by atoms with Gasteiger partial charge in [0, 0.05) is 37.9 Å². The van der Waals surface area contributed by atoms with E-state index in [2.05, 4.69) is 25.7 Å². The van der Waals surface area contributed by atoms with Crippen LogP contribution in [0.15, 0.2) is 17.1 Å². The van der Waals surface area contributed by atoms with E-state index >= 15 is 4.39 Å². The Bertz CT molecular complexity index is 1070. The van der Waals surface area contributed by atoms with E-state index in [4.69, 9.17) is 4.74 Å². The van der Waals surface area contributed by atoms with Gasteiger partial charge in [0.1, 0.15) is 17.9 Å². The number of ether oxygens (including phenoxy) is 1. The number of rotatable bonds is 4. The lowest BCUT2D eigenvalue weighted by molar-refractivity contribution is 0.0694. The molecule has 3 heterocycles. The van der Waals surface area contributed by atoms with E-state index in [1.54, 1.807) is 4.57 Å². The van der Waals surface area contributed by atoms with Gasteiger partial charge in [0.25, 0.3) is 0 Å². The van der Waals surface area contributed by atoms with E-state index in [9.17, 15) is 14.7 Å². The number of benzene rings is 1. The number of aromatic carboxylic acids is 1. The van der Waals surface area contributed by atoms with Crippen LogP contribution in [0.1, 0.15) is 50.5 Å². The van der Waals surface area contributed by atoms with Crippen LogP contribution >= 0.6 is 0 Å². The van der Waals surface area contributed by atoms with Crippen LogP contribution in [0.4, 0.5) is 10.1 Å². The molecule has 4 rings (SSSR count). The Kier molecular flexibility index (Phi) is 5.00. The van der Waals surface area contributed by atoms with Gasteiger partial charge in [-0.3, -0.25) is 9.69 Å². The minimum absolute atomic E-state index is 0.0449. The molecule has 0 amide bonds. The minimum atomic E-state index is -1.31. The van der Waals surface area contributed by atoms with Crippen LogP contribution in [0.25, 0.3) is 10.9 Å². The highest BCUT2D eigenvalue weighted by Crippen LogP contribution is 2.42. The highest BCUT2D eigenvalue weighted by atomic mass is 19.1. The molecule has 0 spiro atoms. The van der Waals surface area contributed by atoms with Gasteiger partial charge in [-0.05, 0) is 33.3 Å². The van der Waals surface area contributed by atoms with E-state index in [0.29, 0.717) is 30.0 Å². The van der Waals surface area contributed by atoms with Crippen molar-refractivity contribution in [3.63, 3.8) is 0 Å². The predicted octanol–water partition coefficient (Wildman–Crippen LogP) is 3.10. The average molecular weight is 417 g/mol. The smallest absolute Gasteiger partial charge is 0.341 e. The zero-order valence-electron chi connectivity index (χ0n) is 17.9. The molecule has 1 atom stereocenters. The van der Waals surface area contributed by atoms with E-state index in [1.807, 2.05) is 11.8 Å². The highest BCUT2D eigenvalue weighted by molar-refractivity contribution is 5.97. The van der Waals surface area contributed by atoms with Gasteiger partial charge in [-0.25, -0.2) is 9.18 Å². The van der Waals surface area contributed by atoms with Crippen molar-refractivity contribution in [2.75, 3.05) is 37.7 Å². The number of pyridine rings is 1. The number of aromatic nitrogens is 1. The molecular formula is C22H28FN3O4. The summed E-state index contributed by atoms with van der Waals surface area (Å²) in [5.74, 6) is -1.54. The third-order valence-corrected chi connectivity index (χ3v) is 6.69. The van der Waals surface area contributed by atoms with Crippen molar-refractivity contribution in [2.24, 2.45) is 0 Å². The van der Waals surface area contributed by atoms with Gasteiger partial charge in [-0.1, -0.05) is 6.92 Å². The van der Waals surface area contributed by atoms with Crippen molar-refractivity contribution in [1.82, 2.24) is 9.47 Å². The number of carboxylic acids is 1. The number of halogens is 1. The van der Waals surface area contributed by atoms with Crippen molar-refractivity contribution >= 4 is 22.6 Å². The molecule has 0 bridgehead atoms. The lowest BCUT2D eigenvalue weighted by atomic mass is 9.98. The molecular weight excluding hydrogens is 389 g/mol. The first-order valence-corrected chi connectivity index (χ1v) is 10.4. The molecule has 30 heavy (non-hydrogen) atoms. The molecule has 2 aliphatic heterocycles. The standard InChI is InChI=1S/C22H28FN3O4/c1-5-22(3,4)25-8-6-24(7-9-25)18-16(23)10-14-17-20(18)30-12-13(2)26(17)11-15(19(14)27)21(28)29/h10-11,13H,5-9,12H2,1-4H3,(H,28,29)/t13-/m0/s1. The molecule has 1 aromatic heterocycles. The quantitative estimate of drug-likeness (QED) is 0.824. The maximum Gasteiger partial charge on any atom is 0.341 e. The monoisotopic (exact) mass is 417 g/mol. The van der Waals surface area contributed by atoms with Crippen LogP contribution in [-0.4, -0.2) is 58.9 Å². The maximum absolute atomic E-state index is 15.3. The Balaban J connectivity index is 1.82. The van der Waals surface area contributed by atoms with Crippen LogP contribution < -0.4 is 15.1 Å². The molecule has 0 radical (unpaired) electrons. The Morgan fingerprint density at radius 1 is 1.30 bits per heavy atom. The molecule has 2 aliphatic rings. The second-order valence-corrected chi connectivity index (χ2v) is 8.82. The van der Waals surface area contributed by atoms with Gasteiger partial charge >= 0.3 is 5.97 Å².